The van der Waals surface area contributed by atoms with Crippen LogP contribution < -0.4 is 5.32 Å². The predicted molar refractivity (Wildman–Crippen MR) is 80.6 cm³/mol. The molecule has 1 aliphatic carbocycles. The zero-order valence-corrected chi connectivity index (χ0v) is 12.4. The number of hydrogen-bond donors (Lipinski definition) is 1. The quantitative estimate of drug-likeness (QED) is 0.912. The number of carbonyl (C=O) groups excluding carboxylic acids is 1. The lowest BCUT2D eigenvalue weighted by molar-refractivity contribution is -0.124. The second kappa shape index (κ2) is 5.21. The van der Waals surface area contributed by atoms with Crippen molar-refractivity contribution in [3.8, 4) is 0 Å². The van der Waals surface area contributed by atoms with Crippen LogP contribution in [0.5, 0.6) is 0 Å². The van der Waals surface area contributed by atoms with Gasteiger partial charge in [-0.1, -0.05) is 30.3 Å². The van der Waals surface area contributed by atoms with Crippen LogP contribution in [0.1, 0.15) is 38.7 Å². The molecule has 3 nitrogen and oxygen atoms in total. The number of amides is 1. The van der Waals surface area contributed by atoms with Gasteiger partial charge in [0, 0.05) is 25.2 Å². The molecule has 2 fully saturated rings. The molecule has 108 valence electrons. The first-order valence-electron chi connectivity index (χ1n) is 7.72. The molecular formula is C17H24N2O. The van der Waals surface area contributed by atoms with Crippen molar-refractivity contribution in [1.29, 1.82) is 0 Å². The van der Waals surface area contributed by atoms with Crippen molar-refractivity contribution < 1.29 is 4.79 Å². The molecule has 0 aromatic heterocycles. The molecule has 1 atom stereocenters. The normalized spacial score (nSPS) is 24.9. The molecule has 1 N–H and O–H groups in total. The maximum absolute atomic E-state index is 12.6. The van der Waals surface area contributed by atoms with Crippen LogP contribution in [0.2, 0.25) is 0 Å². The Bertz CT molecular complexity index is 479. The van der Waals surface area contributed by atoms with E-state index >= 15 is 0 Å². The van der Waals surface area contributed by atoms with E-state index in [1.807, 2.05) is 18.2 Å². The van der Waals surface area contributed by atoms with Crippen LogP contribution in [0, 0.1) is 0 Å². The van der Waals surface area contributed by atoms with E-state index < -0.39 is 0 Å². The molecule has 3 heteroatoms. The van der Waals surface area contributed by atoms with Crippen molar-refractivity contribution >= 4 is 5.91 Å². The Balaban J connectivity index is 1.63. The Hall–Kier alpha value is -1.35. The largest absolute Gasteiger partial charge is 0.351 e. The summed E-state index contributed by atoms with van der Waals surface area (Å²) in [5, 5.41) is 3.28. The van der Waals surface area contributed by atoms with E-state index in [9.17, 15) is 4.79 Å². The van der Waals surface area contributed by atoms with E-state index in [-0.39, 0.29) is 11.3 Å². The van der Waals surface area contributed by atoms with Gasteiger partial charge in [0.05, 0.1) is 5.41 Å². The molecule has 20 heavy (non-hydrogen) atoms. The van der Waals surface area contributed by atoms with Gasteiger partial charge in [0.1, 0.15) is 0 Å². The molecule has 1 amide bonds. The summed E-state index contributed by atoms with van der Waals surface area (Å²) < 4.78 is 0. The maximum Gasteiger partial charge on any atom is 0.230 e. The Morgan fingerprint density at radius 3 is 2.55 bits per heavy atom. The molecule has 2 aliphatic rings. The van der Waals surface area contributed by atoms with Crippen LogP contribution in [-0.4, -0.2) is 36.0 Å². The Morgan fingerprint density at radius 2 is 2.00 bits per heavy atom. The highest BCUT2D eigenvalue weighted by Gasteiger charge is 2.51. The minimum Gasteiger partial charge on any atom is -0.351 e. The zero-order valence-electron chi connectivity index (χ0n) is 12.4. The average Bonchev–Trinajstić information content (AvgIpc) is 3.14. The number of likely N-dealkylation sites (tertiary alicyclic amines) is 1. The highest BCUT2D eigenvalue weighted by atomic mass is 16.2. The summed E-state index contributed by atoms with van der Waals surface area (Å²) in [5.74, 6) is 0.235. The summed E-state index contributed by atoms with van der Waals surface area (Å²) in [6.07, 6.45) is 3.06. The fourth-order valence-electron chi connectivity index (χ4n) is 3.23. The molecule has 1 saturated carbocycles. The van der Waals surface area contributed by atoms with Crippen molar-refractivity contribution in [2.75, 3.05) is 13.1 Å². The smallest absolute Gasteiger partial charge is 0.230 e. The van der Waals surface area contributed by atoms with E-state index in [1.54, 1.807) is 0 Å². The van der Waals surface area contributed by atoms with Gasteiger partial charge in [-0.2, -0.15) is 0 Å². The highest BCUT2D eigenvalue weighted by Crippen LogP contribution is 2.48. The Morgan fingerprint density at radius 1 is 1.30 bits per heavy atom. The molecule has 1 heterocycles. The topological polar surface area (TPSA) is 32.3 Å². The SMILES string of the molecule is CC(C)N1CC[C@@H](NC(=O)C2(c3ccccc3)CC2)C1. The maximum atomic E-state index is 12.6. The number of benzene rings is 1. The average molecular weight is 272 g/mol. The third kappa shape index (κ3) is 2.47. The summed E-state index contributed by atoms with van der Waals surface area (Å²) in [5.41, 5.74) is 0.947. The third-order valence-corrected chi connectivity index (χ3v) is 4.80. The van der Waals surface area contributed by atoms with Crippen molar-refractivity contribution in [2.45, 2.75) is 50.6 Å². The monoisotopic (exact) mass is 272 g/mol. The first-order valence-corrected chi connectivity index (χ1v) is 7.72. The van der Waals surface area contributed by atoms with Gasteiger partial charge in [-0.25, -0.2) is 0 Å². The lowest BCUT2D eigenvalue weighted by Crippen LogP contribution is -2.43. The third-order valence-electron chi connectivity index (χ3n) is 4.80. The van der Waals surface area contributed by atoms with E-state index in [0.717, 1.165) is 32.4 Å². The van der Waals surface area contributed by atoms with Crippen LogP contribution in [0.3, 0.4) is 0 Å². The molecule has 0 spiro atoms. The first-order chi connectivity index (χ1) is 9.62. The highest BCUT2D eigenvalue weighted by molar-refractivity contribution is 5.91. The van der Waals surface area contributed by atoms with Gasteiger partial charge >= 0.3 is 0 Å². The molecule has 0 bridgehead atoms. The minimum absolute atomic E-state index is 0.230. The summed E-state index contributed by atoms with van der Waals surface area (Å²) in [6.45, 7) is 6.53. The lowest BCUT2D eigenvalue weighted by Gasteiger charge is -2.22. The van der Waals surface area contributed by atoms with E-state index in [1.165, 1.54) is 5.56 Å². The molecular weight excluding hydrogens is 248 g/mol. The van der Waals surface area contributed by atoms with Crippen LogP contribution in [-0.2, 0) is 10.2 Å². The van der Waals surface area contributed by atoms with Gasteiger partial charge in [0.2, 0.25) is 5.91 Å². The van der Waals surface area contributed by atoms with E-state index in [4.69, 9.17) is 0 Å². The molecule has 1 aromatic carbocycles. The van der Waals surface area contributed by atoms with Crippen molar-refractivity contribution in [3.05, 3.63) is 35.9 Å². The van der Waals surface area contributed by atoms with Crippen LogP contribution in [0.4, 0.5) is 0 Å². The van der Waals surface area contributed by atoms with Gasteiger partial charge in [0.25, 0.3) is 0 Å². The van der Waals surface area contributed by atoms with Crippen LogP contribution in [0.25, 0.3) is 0 Å². The lowest BCUT2D eigenvalue weighted by atomic mass is 9.94. The van der Waals surface area contributed by atoms with E-state index in [2.05, 4.69) is 36.2 Å². The Labute approximate surface area is 121 Å². The molecule has 0 unspecified atom stereocenters. The molecule has 0 radical (unpaired) electrons. The molecule has 1 aromatic rings. The zero-order chi connectivity index (χ0) is 14.2. The number of carbonyl (C=O) groups is 1. The summed E-state index contributed by atoms with van der Waals surface area (Å²) in [4.78, 5) is 15.1. The summed E-state index contributed by atoms with van der Waals surface area (Å²) in [6, 6.07) is 11.1. The minimum atomic E-state index is -0.230. The number of hydrogen-bond acceptors (Lipinski definition) is 2. The van der Waals surface area contributed by atoms with E-state index in [0.29, 0.717) is 12.1 Å². The molecule has 1 aliphatic heterocycles. The van der Waals surface area contributed by atoms with Crippen molar-refractivity contribution in [3.63, 3.8) is 0 Å². The standard InChI is InChI=1S/C17H24N2O/c1-13(2)19-11-8-15(12-19)18-16(20)17(9-10-17)14-6-4-3-5-7-14/h3-7,13,15H,8-12H2,1-2H3,(H,18,20)/t15-/m1/s1. The second-order valence-corrected chi connectivity index (χ2v) is 6.50. The fourth-order valence-corrected chi connectivity index (χ4v) is 3.23. The van der Waals surface area contributed by atoms with Gasteiger partial charge in [-0.3, -0.25) is 9.69 Å². The molecule has 3 rings (SSSR count). The van der Waals surface area contributed by atoms with Crippen LogP contribution in [0.15, 0.2) is 30.3 Å². The predicted octanol–water partition coefficient (Wildman–Crippen LogP) is 2.32. The second-order valence-electron chi connectivity index (χ2n) is 6.50. The summed E-state index contributed by atoms with van der Waals surface area (Å²) in [7, 11) is 0. The van der Waals surface area contributed by atoms with Gasteiger partial charge < -0.3 is 5.32 Å². The number of nitrogens with zero attached hydrogens (tertiary/aromatic N) is 1. The molecule has 1 saturated heterocycles. The Kier molecular flexibility index (Phi) is 3.55. The first kappa shape index (κ1) is 13.6. The number of rotatable bonds is 4. The number of nitrogens with one attached hydrogen (secondary N) is 1. The van der Waals surface area contributed by atoms with Gasteiger partial charge in [-0.15, -0.1) is 0 Å². The van der Waals surface area contributed by atoms with Crippen molar-refractivity contribution in [2.24, 2.45) is 0 Å². The summed E-state index contributed by atoms with van der Waals surface area (Å²) >= 11 is 0. The fraction of sp³-hybridized carbons (Fsp3) is 0.588. The van der Waals surface area contributed by atoms with Gasteiger partial charge in [0.15, 0.2) is 0 Å². The van der Waals surface area contributed by atoms with Crippen molar-refractivity contribution in [1.82, 2.24) is 10.2 Å². The van der Waals surface area contributed by atoms with Gasteiger partial charge in [-0.05, 0) is 38.7 Å². The van der Waals surface area contributed by atoms with Crippen LogP contribution >= 0.6 is 0 Å².